The third kappa shape index (κ3) is 4.60. The Morgan fingerprint density at radius 1 is 0.848 bits per heavy atom. The first-order chi connectivity index (χ1) is 16.1. The fraction of sp³-hybridized carbons (Fsp3) is 0.259. The highest BCUT2D eigenvalue weighted by molar-refractivity contribution is 6.30. The van der Waals surface area contributed by atoms with Crippen molar-refractivity contribution in [3.63, 3.8) is 0 Å². The molecule has 0 spiro atoms. The molecule has 1 fully saturated rings. The van der Waals surface area contributed by atoms with Gasteiger partial charge in [-0.15, -0.1) is 0 Å². The number of rotatable bonds is 4. The normalized spacial score (nSPS) is 18.6. The molecule has 1 saturated heterocycles. The molecule has 3 aromatic carbocycles. The Balaban J connectivity index is 1.39. The number of halogens is 1. The van der Waals surface area contributed by atoms with Crippen LogP contribution in [0.3, 0.4) is 0 Å². The van der Waals surface area contributed by atoms with Gasteiger partial charge in [-0.2, -0.15) is 0 Å². The molecule has 1 atom stereocenters. The lowest BCUT2D eigenvalue weighted by Gasteiger charge is -2.38. The van der Waals surface area contributed by atoms with Crippen molar-refractivity contribution >= 4 is 34.8 Å². The van der Waals surface area contributed by atoms with E-state index in [0.29, 0.717) is 6.42 Å². The average Bonchev–Trinajstić information content (AvgIpc) is 3.16. The van der Waals surface area contributed by atoms with E-state index in [0.717, 1.165) is 54.1 Å². The highest BCUT2D eigenvalue weighted by Crippen LogP contribution is 2.27. The van der Waals surface area contributed by atoms with E-state index < -0.39 is 6.04 Å². The fourth-order valence-electron chi connectivity index (χ4n) is 4.47. The Morgan fingerprint density at radius 3 is 2.24 bits per heavy atom. The molecule has 0 saturated carbocycles. The summed E-state index contributed by atoms with van der Waals surface area (Å²) in [6.07, 6.45) is 0.605. The maximum absolute atomic E-state index is 13.5. The van der Waals surface area contributed by atoms with Crippen molar-refractivity contribution in [1.82, 2.24) is 4.90 Å². The second kappa shape index (κ2) is 9.28. The monoisotopic (exact) mass is 458 g/mol. The number of hydrogen-bond acceptors (Lipinski definition) is 4. The maximum Gasteiger partial charge on any atom is 0.259 e. The van der Waals surface area contributed by atoms with Gasteiger partial charge in [0.1, 0.15) is 6.04 Å². The summed E-state index contributed by atoms with van der Waals surface area (Å²) >= 11 is 6.19. The number of hydrogen-bond donors (Lipinski definition) is 0. The van der Waals surface area contributed by atoms with Crippen LogP contribution in [0.1, 0.15) is 11.1 Å². The SMILES string of the molecule is Cc1ccc(N2C(=O)C(Cc3ccccc3)N=C2N2CCN(c3cccc(Cl)c3)CC2)cc1. The van der Waals surface area contributed by atoms with Gasteiger partial charge in [0.05, 0.1) is 5.69 Å². The van der Waals surface area contributed by atoms with Gasteiger partial charge in [0, 0.05) is 43.3 Å². The second-order valence-corrected chi connectivity index (χ2v) is 9.03. The van der Waals surface area contributed by atoms with Crippen molar-refractivity contribution in [3.05, 3.63) is 95.0 Å². The molecular weight excluding hydrogens is 432 g/mol. The minimum atomic E-state index is -0.408. The number of carbonyl (C=O) groups is 1. The van der Waals surface area contributed by atoms with Crippen molar-refractivity contribution in [2.24, 2.45) is 4.99 Å². The van der Waals surface area contributed by atoms with Crippen molar-refractivity contribution in [3.8, 4) is 0 Å². The summed E-state index contributed by atoms with van der Waals surface area (Å²) in [4.78, 5) is 24.9. The number of nitrogens with zero attached hydrogens (tertiary/aromatic N) is 4. The lowest BCUT2D eigenvalue weighted by atomic mass is 10.1. The largest absolute Gasteiger partial charge is 0.368 e. The summed E-state index contributed by atoms with van der Waals surface area (Å²) in [6.45, 7) is 5.33. The van der Waals surface area contributed by atoms with Gasteiger partial charge in [0.15, 0.2) is 0 Å². The number of aliphatic imine (C=N–C) groups is 1. The van der Waals surface area contributed by atoms with E-state index in [9.17, 15) is 4.79 Å². The highest BCUT2D eigenvalue weighted by Gasteiger charge is 2.39. The van der Waals surface area contributed by atoms with Crippen LogP contribution in [0.5, 0.6) is 0 Å². The standard InChI is InChI=1S/C27H27ClN4O/c1-20-10-12-23(13-11-20)32-26(33)25(18-21-6-3-2-4-7-21)29-27(32)31-16-14-30(15-17-31)24-9-5-8-22(28)19-24/h2-13,19,25H,14-18H2,1H3. The molecule has 1 amide bonds. The minimum Gasteiger partial charge on any atom is -0.368 e. The number of piperazine rings is 1. The minimum absolute atomic E-state index is 0.0370. The zero-order valence-electron chi connectivity index (χ0n) is 18.7. The molecule has 0 radical (unpaired) electrons. The number of aryl methyl sites for hydroxylation is 1. The van der Waals surface area contributed by atoms with Crippen LogP contribution in [-0.4, -0.2) is 49.0 Å². The quantitative estimate of drug-likeness (QED) is 0.564. The van der Waals surface area contributed by atoms with Crippen molar-refractivity contribution < 1.29 is 4.79 Å². The maximum atomic E-state index is 13.5. The van der Waals surface area contributed by atoms with Gasteiger partial charge in [-0.1, -0.05) is 65.7 Å². The molecule has 6 heteroatoms. The Labute approximate surface area is 199 Å². The lowest BCUT2D eigenvalue weighted by molar-refractivity contribution is -0.118. The summed E-state index contributed by atoms with van der Waals surface area (Å²) in [6, 6.07) is 25.8. The first-order valence-corrected chi connectivity index (χ1v) is 11.7. The Bertz CT molecular complexity index is 1150. The van der Waals surface area contributed by atoms with Gasteiger partial charge in [-0.3, -0.25) is 4.79 Å². The van der Waals surface area contributed by atoms with Crippen LogP contribution in [0.15, 0.2) is 83.9 Å². The van der Waals surface area contributed by atoms with Gasteiger partial charge < -0.3 is 9.80 Å². The zero-order valence-corrected chi connectivity index (χ0v) is 19.4. The number of carbonyl (C=O) groups excluding carboxylic acids is 1. The predicted octanol–water partition coefficient (Wildman–Crippen LogP) is 4.78. The van der Waals surface area contributed by atoms with Crippen LogP contribution in [-0.2, 0) is 11.2 Å². The smallest absolute Gasteiger partial charge is 0.259 e. The molecule has 2 aliphatic rings. The van der Waals surface area contributed by atoms with Gasteiger partial charge in [0.25, 0.3) is 5.91 Å². The summed E-state index contributed by atoms with van der Waals surface area (Å²) in [5, 5.41) is 0.745. The van der Waals surface area contributed by atoms with E-state index in [1.807, 2.05) is 65.6 Å². The van der Waals surface area contributed by atoms with Crippen LogP contribution < -0.4 is 9.80 Å². The third-order valence-electron chi connectivity index (χ3n) is 6.28. The molecular formula is C27H27ClN4O. The van der Waals surface area contributed by atoms with Crippen LogP contribution in [0.4, 0.5) is 11.4 Å². The number of guanidine groups is 1. The Morgan fingerprint density at radius 2 is 1.55 bits per heavy atom. The van der Waals surface area contributed by atoms with Crippen molar-refractivity contribution in [2.45, 2.75) is 19.4 Å². The summed E-state index contributed by atoms with van der Waals surface area (Å²) in [5.74, 6) is 0.797. The molecule has 33 heavy (non-hydrogen) atoms. The number of amides is 1. The Hall–Kier alpha value is -3.31. The molecule has 5 nitrogen and oxygen atoms in total. The summed E-state index contributed by atoms with van der Waals surface area (Å²) < 4.78 is 0. The third-order valence-corrected chi connectivity index (χ3v) is 6.51. The van der Waals surface area contributed by atoms with Crippen LogP contribution in [0.2, 0.25) is 5.02 Å². The molecule has 0 aliphatic carbocycles. The second-order valence-electron chi connectivity index (χ2n) is 8.60. The van der Waals surface area contributed by atoms with Gasteiger partial charge in [-0.05, 0) is 42.8 Å². The molecule has 168 valence electrons. The molecule has 2 heterocycles. The topological polar surface area (TPSA) is 39.2 Å². The summed E-state index contributed by atoms with van der Waals surface area (Å²) in [5.41, 5.74) is 4.29. The molecule has 0 aromatic heterocycles. The van der Waals surface area contributed by atoms with E-state index in [-0.39, 0.29) is 5.91 Å². The van der Waals surface area contributed by atoms with E-state index >= 15 is 0 Å². The lowest BCUT2D eigenvalue weighted by Crippen LogP contribution is -2.53. The van der Waals surface area contributed by atoms with Crippen LogP contribution >= 0.6 is 11.6 Å². The Kier molecular flexibility index (Phi) is 6.05. The average molecular weight is 459 g/mol. The fourth-order valence-corrected chi connectivity index (χ4v) is 4.65. The van der Waals surface area contributed by atoms with E-state index in [4.69, 9.17) is 16.6 Å². The van der Waals surface area contributed by atoms with Crippen LogP contribution in [0, 0.1) is 6.92 Å². The first-order valence-electron chi connectivity index (χ1n) is 11.4. The van der Waals surface area contributed by atoms with Gasteiger partial charge in [0.2, 0.25) is 5.96 Å². The molecule has 0 N–H and O–H groups in total. The van der Waals surface area contributed by atoms with E-state index in [1.54, 1.807) is 0 Å². The highest BCUT2D eigenvalue weighted by atomic mass is 35.5. The van der Waals surface area contributed by atoms with Crippen LogP contribution in [0.25, 0.3) is 0 Å². The summed E-state index contributed by atoms with van der Waals surface area (Å²) in [7, 11) is 0. The van der Waals surface area contributed by atoms with Crippen molar-refractivity contribution in [2.75, 3.05) is 36.0 Å². The van der Waals surface area contributed by atoms with Gasteiger partial charge in [-0.25, -0.2) is 9.89 Å². The van der Waals surface area contributed by atoms with E-state index in [1.165, 1.54) is 5.56 Å². The number of benzene rings is 3. The molecule has 5 rings (SSSR count). The van der Waals surface area contributed by atoms with Gasteiger partial charge >= 0.3 is 0 Å². The molecule has 1 unspecified atom stereocenters. The molecule has 0 bridgehead atoms. The molecule has 2 aliphatic heterocycles. The first kappa shape index (κ1) is 21.5. The molecule has 3 aromatic rings. The van der Waals surface area contributed by atoms with Crippen molar-refractivity contribution in [1.29, 1.82) is 0 Å². The predicted molar refractivity (Wildman–Crippen MR) is 135 cm³/mol. The number of anilines is 2. The van der Waals surface area contributed by atoms with E-state index in [2.05, 4.69) is 34.9 Å². The zero-order chi connectivity index (χ0) is 22.8.